The number of ether oxygens (including phenoxy) is 1. The van der Waals surface area contributed by atoms with Gasteiger partial charge in [0.15, 0.2) is 0 Å². The van der Waals surface area contributed by atoms with Gasteiger partial charge in [-0.15, -0.1) is 6.58 Å². The van der Waals surface area contributed by atoms with Gasteiger partial charge in [-0.2, -0.15) is 0 Å². The van der Waals surface area contributed by atoms with Crippen LogP contribution in [0.15, 0.2) is 67.3 Å². The second kappa shape index (κ2) is 5.57. The smallest absolute Gasteiger partial charge is 0.326 e. The van der Waals surface area contributed by atoms with E-state index in [9.17, 15) is 4.79 Å². The molecule has 3 rings (SSSR count). The summed E-state index contributed by atoms with van der Waals surface area (Å²) in [6, 6.07) is 17.7. The zero-order valence-corrected chi connectivity index (χ0v) is 11.9. The molecule has 2 nitrogen and oxygen atoms in total. The molecule has 106 valence electrons. The molecule has 0 bridgehead atoms. The van der Waals surface area contributed by atoms with Gasteiger partial charge < -0.3 is 4.74 Å². The van der Waals surface area contributed by atoms with Crippen molar-refractivity contribution >= 4 is 5.97 Å². The second-order valence-electron chi connectivity index (χ2n) is 5.34. The Morgan fingerprint density at radius 3 is 2.52 bits per heavy atom. The summed E-state index contributed by atoms with van der Waals surface area (Å²) in [6.45, 7) is 3.77. The zero-order valence-electron chi connectivity index (χ0n) is 11.9. The molecule has 1 heterocycles. The van der Waals surface area contributed by atoms with Crippen LogP contribution < -0.4 is 4.74 Å². The summed E-state index contributed by atoms with van der Waals surface area (Å²) in [7, 11) is 0. The molecule has 0 aliphatic carbocycles. The lowest BCUT2D eigenvalue weighted by Crippen LogP contribution is -2.35. The molecule has 1 aliphatic heterocycles. The Balaban J connectivity index is 2.13. The third kappa shape index (κ3) is 2.17. The van der Waals surface area contributed by atoms with Crippen molar-refractivity contribution in [1.82, 2.24) is 0 Å². The number of unbranched alkanes of at least 4 members (excludes halogenated alkanes) is 1. The minimum Gasteiger partial charge on any atom is -0.425 e. The van der Waals surface area contributed by atoms with Crippen molar-refractivity contribution < 1.29 is 9.53 Å². The van der Waals surface area contributed by atoms with Gasteiger partial charge in [0.05, 0.1) is 0 Å². The van der Waals surface area contributed by atoms with Crippen molar-refractivity contribution in [1.29, 1.82) is 0 Å². The molecule has 2 heteroatoms. The standard InChI is InChI=1S/C19H18O2/c1-2-3-9-14-19(15-10-5-4-6-11-15)16-12-7-8-13-17(16)21-18(19)20/h2,4-8,10-13H,1,3,9,14H2/t19-/m1/s1. The molecule has 1 aliphatic rings. The predicted octanol–water partition coefficient (Wildman–Crippen LogP) is 4.25. The van der Waals surface area contributed by atoms with Gasteiger partial charge >= 0.3 is 5.97 Å². The van der Waals surface area contributed by atoms with E-state index in [1.807, 2.05) is 60.7 Å². The van der Waals surface area contributed by atoms with Crippen LogP contribution in [0, 0.1) is 0 Å². The van der Waals surface area contributed by atoms with Crippen molar-refractivity contribution in [2.45, 2.75) is 24.7 Å². The minimum atomic E-state index is -0.680. The van der Waals surface area contributed by atoms with E-state index in [2.05, 4.69) is 6.58 Å². The van der Waals surface area contributed by atoms with Gasteiger partial charge in [0.25, 0.3) is 0 Å². The third-order valence-corrected chi connectivity index (χ3v) is 4.12. The topological polar surface area (TPSA) is 26.3 Å². The van der Waals surface area contributed by atoms with Crippen LogP contribution in [0.3, 0.4) is 0 Å². The first-order valence-corrected chi connectivity index (χ1v) is 7.27. The lowest BCUT2D eigenvalue weighted by atomic mass is 9.72. The molecule has 1 atom stereocenters. The average molecular weight is 278 g/mol. The van der Waals surface area contributed by atoms with Crippen LogP contribution in [0.2, 0.25) is 0 Å². The van der Waals surface area contributed by atoms with Crippen LogP contribution in [0.5, 0.6) is 5.75 Å². The number of esters is 1. The summed E-state index contributed by atoms with van der Waals surface area (Å²) < 4.78 is 5.54. The van der Waals surface area contributed by atoms with Crippen molar-refractivity contribution in [2.75, 3.05) is 0 Å². The highest BCUT2D eigenvalue weighted by Crippen LogP contribution is 2.47. The minimum absolute atomic E-state index is 0.168. The van der Waals surface area contributed by atoms with E-state index in [1.165, 1.54) is 0 Å². The fourth-order valence-corrected chi connectivity index (χ4v) is 3.09. The molecular weight excluding hydrogens is 260 g/mol. The Morgan fingerprint density at radius 2 is 1.76 bits per heavy atom. The van der Waals surface area contributed by atoms with E-state index >= 15 is 0 Å². The number of benzene rings is 2. The van der Waals surface area contributed by atoms with Gasteiger partial charge in [-0.25, -0.2) is 0 Å². The van der Waals surface area contributed by atoms with E-state index < -0.39 is 5.41 Å². The van der Waals surface area contributed by atoms with Crippen LogP contribution >= 0.6 is 0 Å². The third-order valence-electron chi connectivity index (χ3n) is 4.12. The Kier molecular flexibility index (Phi) is 3.61. The van der Waals surface area contributed by atoms with Crippen LogP contribution in [0.1, 0.15) is 30.4 Å². The van der Waals surface area contributed by atoms with E-state index in [-0.39, 0.29) is 5.97 Å². The highest BCUT2D eigenvalue weighted by Gasteiger charge is 2.49. The molecule has 0 saturated carbocycles. The van der Waals surface area contributed by atoms with E-state index in [0.29, 0.717) is 5.75 Å². The largest absolute Gasteiger partial charge is 0.425 e. The lowest BCUT2D eigenvalue weighted by Gasteiger charge is -2.26. The molecule has 0 amide bonds. The number of carbonyl (C=O) groups excluding carboxylic acids is 1. The summed E-state index contributed by atoms with van der Waals surface area (Å²) in [6.07, 6.45) is 4.43. The van der Waals surface area contributed by atoms with Gasteiger partial charge in [0, 0.05) is 5.56 Å². The maximum Gasteiger partial charge on any atom is 0.326 e. The summed E-state index contributed by atoms with van der Waals surface area (Å²) in [4.78, 5) is 12.7. The van der Waals surface area contributed by atoms with Crippen LogP contribution in [0.4, 0.5) is 0 Å². The number of hydrogen-bond acceptors (Lipinski definition) is 2. The summed E-state index contributed by atoms with van der Waals surface area (Å²) in [5.41, 5.74) is 1.30. The molecule has 0 spiro atoms. The van der Waals surface area contributed by atoms with Gasteiger partial charge in [-0.05, 0) is 30.9 Å². The Labute approximate surface area is 125 Å². The molecule has 0 saturated heterocycles. The number of rotatable bonds is 5. The fourth-order valence-electron chi connectivity index (χ4n) is 3.09. The molecule has 2 aromatic carbocycles. The monoisotopic (exact) mass is 278 g/mol. The Bertz CT molecular complexity index is 660. The lowest BCUT2D eigenvalue weighted by molar-refractivity contribution is -0.137. The molecule has 2 aromatic rings. The van der Waals surface area contributed by atoms with Crippen LogP contribution in [-0.4, -0.2) is 5.97 Å². The number of allylic oxidation sites excluding steroid dienone is 1. The van der Waals surface area contributed by atoms with Gasteiger partial charge in [0.2, 0.25) is 0 Å². The van der Waals surface area contributed by atoms with Crippen molar-refractivity contribution in [2.24, 2.45) is 0 Å². The molecule has 0 fully saturated rings. The first-order chi connectivity index (χ1) is 10.3. The van der Waals surface area contributed by atoms with E-state index in [0.717, 1.165) is 30.4 Å². The summed E-state index contributed by atoms with van der Waals surface area (Å²) in [5.74, 6) is 0.518. The summed E-state index contributed by atoms with van der Waals surface area (Å²) >= 11 is 0. The Hall–Kier alpha value is -2.35. The maximum absolute atomic E-state index is 12.7. The average Bonchev–Trinajstić information content (AvgIpc) is 2.81. The number of fused-ring (bicyclic) bond motifs is 1. The van der Waals surface area contributed by atoms with E-state index in [4.69, 9.17) is 4.74 Å². The van der Waals surface area contributed by atoms with Gasteiger partial charge in [0.1, 0.15) is 11.2 Å². The molecular formula is C19H18O2. The normalized spacial score (nSPS) is 19.9. The Morgan fingerprint density at radius 1 is 1.05 bits per heavy atom. The van der Waals surface area contributed by atoms with Crippen LogP contribution in [0.25, 0.3) is 0 Å². The highest BCUT2D eigenvalue weighted by molar-refractivity contribution is 5.94. The van der Waals surface area contributed by atoms with Crippen molar-refractivity contribution in [3.63, 3.8) is 0 Å². The quantitative estimate of drug-likeness (QED) is 0.354. The molecule has 0 N–H and O–H groups in total. The first-order valence-electron chi connectivity index (χ1n) is 7.27. The fraction of sp³-hybridized carbons (Fsp3) is 0.211. The highest BCUT2D eigenvalue weighted by atomic mass is 16.5. The van der Waals surface area contributed by atoms with Crippen LogP contribution in [-0.2, 0) is 10.2 Å². The van der Waals surface area contributed by atoms with Gasteiger partial charge in [-0.3, -0.25) is 4.79 Å². The SMILES string of the molecule is C=CCCC[C@]1(c2ccccc2)C(=O)Oc2ccccc21. The number of hydrogen-bond donors (Lipinski definition) is 0. The zero-order chi connectivity index (χ0) is 14.7. The number of carbonyl (C=O) groups is 1. The maximum atomic E-state index is 12.7. The molecule has 0 unspecified atom stereocenters. The van der Waals surface area contributed by atoms with Crippen molar-refractivity contribution in [3.8, 4) is 5.75 Å². The van der Waals surface area contributed by atoms with Crippen molar-refractivity contribution in [3.05, 3.63) is 78.4 Å². The molecule has 0 aromatic heterocycles. The first kappa shape index (κ1) is 13.6. The van der Waals surface area contributed by atoms with E-state index in [1.54, 1.807) is 0 Å². The molecule has 21 heavy (non-hydrogen) atoms. The predicted molar refractivity (Wildman–Crippen MR) is 83.3 cm³/mol. The van der Waals surface area contributed by atoms with Gasteiger partial charge in [-0.1, -0.05) is 54.6 Å². The second-order valence-corrected chi connectivity index (χ2v) is 5.34. The number of para-hydroxylation sites is 1. The summed E-state index contributed by atoms with van der Waals surface area (Å²) in [5, 5.41) is 0. The molecule has 0 radical (unpaired) electrons.